The Kier molecular flexibility index (Phi) is 6.48. The normalized spacial score (nSPS) is 16.9. The van der Waals surface area contributed by atoms with Crippen LogP contribution in [0.3, 0.4) is 0 Å². The van der Waals surface area contributed by atoms with Crippen LogP contribution in [0, 0.1) is 5.92 Å². The zero-order valence-corrected chi connectivity index (χ0v) is 19.0. The van der Waals surface area contributed by atoms with Crippen LogP contribution in [0.25, 0.3) is 11.1 Å². The van der Waals surface area contributed by atoms with Gasteiger partial charge in [-0.3, -0.25) is 4.79 Å². The summed E-state index contributed by atoms with van der Waals surface area (Å²) in [5, 5.41) is 11.5. The average molecular weight is 490 g/mol. The molecule has 4 rings (SSSR count). The smallest absolute Gasteiger partial charge is 0.407 e. The zero-order chi connectivity index (χ0) is 25.4. The Labute approximate surface area is 199 Å². The summed E-state index contributed by atoms with van der Waals surface area (Å²) in [6.45, 7) is -1.15. The molecule has 1 fully saturated rings. The SMILES string of the molecule is CN(C(=O)C(CNC(=O)OCC1c2ccccc2-c2ccccc21)C(F)(F)F)C1(C(=O)O)CCC1. The second-order valence-electron chi connectivity index (χ2n) is 8.89. The molecule has 0 aromatic heterocycles. The molecule has 7 nitrogen and oxygen atoms in total. The molecule has 2 aromatic rings. The number of carbonyl (C=O) groups excluding carboxylic acids is 2. The molecule has 1 saturated carbocycles. The van der Waals surface area contributed by atoms with Crippen molar-refractivity contribution in [2.45, 2.75) is 36.9 Å². The first-order valence-corrected chi connectivity index (χ1v) is 11.2. The van der Waals surface area contributed by atoms with Gasteiger partial charge in [0.25, 0.3) is 0 Å². The maximum absolute atomic E-state index is 13.7. The van der Waals surface area contributed by atoms with Gasteiger partial charge in [-0.05, 0) is 41.5 Å². The molecule has 2 amide bonds. The number of likely N-dealkylation sites (N-methyl/N-ethyl adjacent to an activating group) is 1. The number of fused-ring (bicyclic) bond motifs is 3. The van der Waals surface area contributed by atoms with Crippen LogP contribution in [-0.2, 0) is 14.3 Å². The number of aliphatic carboxylic acids is 1. The number of alkyl carbamates (subject to hydrolysis) is 1. The van der Waals surface area contributed by atoms with E-state index in [4.69, 9.17) is 4.74 Å². The number of amides is 2. The van der Waals surface area contributed by atoms with Crippen LogP contribution < -0.4 is 5.32 Å². The summed E-state index contributed by atoms with van der Waals surface area (Å²) in [7, 11) is 1.06. The van der Waals surface area contributed by atoms with Gasteiger partial charge in [-0.2, -0.15) is 13.2 Å². The Morgan fingerprint density at radius 1 is 1.09 bits per heavy atom. The summed E-state index contributed by atoms with van der Waals surface area (Å²) in [5.74, 6) is -5.61. The predicted octanol–water partition coefficient (Wildman–Crippen LogP) is 4.17. The first-order chi connectivity index (χ1) is 16.6. The standard InChI is InChI=1S/C25H25F3N2O5/c1-30(24(22(32)33)11-6-12-24)21(31)20(25(26,27)28)13-29-23(34)35-14-19-17-9-4-2-7-15(17)16-8-3-5-10-18(16)19/h2-5,7-10,19-20H,6,11-14H2,1H3,(H,29,34)(H,32,33). The molecule has 2 aromatic carbocycles. The minimum Gasteiger partial charge on any atom is -0.479 e. The maximum Gasteiger partial charge on any atom is 0.407 e. The van der Waals surface area contributed by atoms with Crippen molar-refractivity contribution >= 4 is 18.0 Å². The summed E-state index contributed by atoms with van der Waals surface area (Å²) in [4.78, 5) is 37.2. The molecular weight excluding hydrogens is 465 g/mol. The fourth-order valence-electron chi connectivity index (χ4n) is 4.83. The van der Waals surface area contributed by atoms with Crippen LogP contribution in [0.4, 0.5) is 18.0 Å². The van der Waals surface area contributed by atoms with Crippen molar-refractivity contribution in [3.8, 4) is 11.1 Å². The Morgan fingerprint density at radius 2 is 1.63 bits per heavy atom. The van der Waals surface area contributed by atoms with E-state index in [0.29, 0.717) is 11.3 Å². The van der Waals surface area contributed by atoms with Gasteiger partial charge in [0, 0.05) is 19.5 Å². The zero-order valence-electron chi connectivity index (χ0n) is 19.0. The van der Waals surface area contributed by atoms with Gasteiger partial charge >= 0.3 is 18.2 Å². The number of rotatable bonds is 7. The van der Waals surface area contributed by atoms with Gasteiger partial charge in [-0.1, -0.05) is 48.5 Å². The van der Waals surface area contributed by atoms with E-state index in [1.165, 1.54) is 0 Å². The van der Waals surface area contributed by atoms with E-state index < -0.39 is 42.1 Å². The molecular formula is C25H25F3N2O5. The molecule has 2 aliphatic rings. The monoisotopic (exact) mass is 490 g/mol. The van der Waals surface area contributed by atoms with Crippen LogP contribution in [0.1, 0.15) is 36.3 Å². The van der Waals surface area contributed by atoms with Gasteiger partial charge in [0.05, 0.1) is 0 Å². The molecule has 0 heterocycles. The van der Waals surface area contributed by atoms with Crippen molar-refractivity contribution in [1.82, 2.24) is 10.2 Å². The summed E-state index contributed by atoms with van der Waals surface area (Å²) in [6, 6.07) is 15.2. The number of nitrogens with zero attached hydrogens (tertiary/aromatic N) is 1. The maximum atomic E-state index is 13.7. The number of benzene rings is 2. The lowest BCUT2D eigenvalue weighted by Crippen LogP contribution is -2.62. The molecule has 1 atom stereocenters. The van der Waals surface area contributed by atoms with Gasteiger partial charge in [0.15, 0.2) is 5.92 Å². The summed E-state index contributed by atoms with van der Waals surface area (Å²) in [5.41, 5.74) is 2.26. The molecule has 0 saturated heterocycles. The van der Waals surface area contributed by atoms with Crippen molar-refractivity contribution in [3.63, 3.8) is 0 Å². The van der Waals surface area contributed by atoms with Crippen molar-refractivity contribution < 1.29 is 37.4 Å². The van der Waals surface area contributed by atoms with Gasteiger partial charge < -0.3 is 20.1 Å². The minimum atomic E-state index is -4.98. The van der Waals surface area contributed by atoms with Crippen LogP contribution in [0.15, 0.2) is 48.5 Å². The van der Waals surface area contributed by atoms with E-state index in [-0.39, 0.29) is 25.4 Å². The number of halogens is 3. The first kappa shape index (κ1) is 24.6. The van der Waals surface area contributed by atoms with E-state index in [0.717, 1.165) is 29.3 Å². The summed E-state index contributed by atoms with van der Waals surface area (Å²) < 4.78 is 46.2. The fourth-order valence-corrected chi connectivity index (χ4v) is 4.83. The van der Waals surface area contributed by atoms with Crippen molar-refractivity contribution in [2.75, 3.05) is 20.2 Å². The summed E-state index contributed by atoms with van der Waals surface area (Å²) in [6.07, 6.45) is -5.42. The number of alkyl halides is 3. The number of ether oxygens (including phenoxy) is 1. The Balaban J connectivity index is 1.40. The highest BCUT2D eigenvalue weighted by molar-refractivity contribution is 5.89. The molecule has 35 heavy (non-hydrogen) atoms. The van der Waals surface area contributed by atoms with Gasteiger partial charge in [-0.15, -0.1) is 0 Å². The molecule has 0 radical (unpaired) electrons. The number of carbonyl (C=O) groups is 3. The van der Waals surface area contributed by atoms with Gasteiger partial charge in [0.2, 0.25) is 5.91 Å². The lowest BCUT2D eigenvalue weighted by Gasteiger charge is -2.46. The number of hydrogen-bond acceptors (Lipinski definition) is 4. The lowest BCUT2D eigenvalue weighted by molar-refractivity contribution is -0.195. The predicted molar refractivity (Wildman–Crippen MR) is 120 cm³/mol. The quantitative estimate of drug-likeness (QED) is 0.608. The van der Waals surface area contributed by atoms with Crippen LogP contribution in [0.5, 0.6) is 0 Å². The Bertz CT molecular complexity index is 1100. The van der Waals surface area contributed by atoms with Crippen molar-refractivity contribution in [2.24, 2.45) is 5.92 Å². The van der Waals surface area contributed by atoms with E-state index in [9.17, 15) is 32.7 Å². The van der Waals surface area contributed by atoms with Gasteiger partial charge in [0.1, 0.15) is 12.1 Å². The van der Waals surface area contributed by atoms with Crippen molar-refractivity contribution in [3.05, 3.63) is 59.7 Å². The van der Waals surface area contributed by atoms with E-state index in [1.54, 1.807) is 0 Å². The largest absolute Gasteiger partial charge is 0.479 e. The lowest BCUT2D eigenvalue weighted by atomic mass is 9.75. The number of carboxylic acids is 1. The second kappa shape index (κ2) is 9.24. The third-order valence-corrected chi connectivity index (χ3v) is 7.04. The van der Waals surface area contributed by atoms with Crippen LogP contribution in [-0.4, -0.2) is 59.9 Å². The van der Waals surface area contributed by atoms with Crippen LogP contribution in [0.2, 0.25) is 0 Å². The molecule has 1 unspecified atom stereocenters. The molecule has 10 heteroatoms. The van der Waals surface area contributed by atoms with Crippen LogP contribution >= 0.6 is 0 Å². The first-order valence-electron chi connectivity index (χ1n) is 11.2. The average Bonchev–Trinajstić information content (AvgIpc) is 3.09. The highest BCUT2D eigenvalue weighted by atomic mass is 19.4. The highest BCUT2D eigenvalue weighted by Gasteiger charge is 2.54. The van der Waals surface area contributed by atoms with Gasteiger partial charge in [-0.25, -0.2) is 9.59 Å². The molecule has 2 aliphatic carbocycles. The third kappa shape index (κ3) is 4.44. The van der Waals surface area contributed by atoms with Crippen molar-refractivity contribution in [1.29, 1.82) is 0 Å². The van der Waals surface area contributed by atoms with E-state index >= 15 is 0 Å². The summed E-state index contributed by atoms with van der Waals surface area (Å²) >= 11 is 0. The highest BCUT2D eigenvalue weighted by Crippen LogP contribution is 2.44. The molecule has 0 aliphatic heterocycles. The topological polar surface area (TPSA) is 95.9 Å². The van der Waals surface area contributed by atoms with E-state index in [2.05, 4.69) is 0 Å². The van der Waals surface area contributed by atoms with E-state index in [1.807, 2.05) is 53.8 Å². The number of carboxylic acid groups (broad SMARTS) is 1. The molecule has 186 valence electrons. The minimum absolute atomic E-state index is 0.0783. The third-order valence-electron chi connectivity index (χ3n) is 7.04. The molecule has 2 N–H and O–H groups in total. The Hall–Kier alpha value is -3.56. The second-order valence-corrected chi connectivity index (χ2v) is 8.89. The fraction of sp³-hybridized carbons (Fsp3) is 0.400. The number of hydrogen-bond donors (Lipinski definition) is 2. The number of nitrogens with one attached hydrogen (secondary N) is 1. The Morgan fingerprint density at radius 3 is 2.09 bits per heavy atom. The molecule has 0 bridgehead atoms. The molecule has 0 spiro atoms.